The third-order valence-corrected chi connectivity index (χ3v) is 1.99. The average molecular weight is 178 g/mol. The van der Waals surface area contributed by atoms with Gasteiger partial charge in [-0.15, -0.1) is 0 Å². The van der Waals surface area contributed by atoms with Gasteiger partial charge >= 0.3 is 0 Å². The van der Waals surface area contributed by atoms with Gasteiger partial charge in [-0.2, -0.15) is 0 Å². The zero-order valence-electron chi connectivity index (χ0n) is 7.79. The van der Waals surface area contributed by atoms with Crippen LogP contribution in [-0.4, -0.2) is 17.9 Å². The molecule has 70 valence electrons. The number of aryl methyl sites for hydroxylation is 2. The van der Waals surface area contributed by atoms with Crippen molar-refractivity contribution >= 4 is 6.41 Å². The lowest BCUT2D eigenvalue weighted by Crippen LogP contribution is -2.12. The fourth-order valence-corrected chi connectivity index (χ4v) is 1.22. The summed E-state index contributed by atoms with van der Waals surface area (Å²) in [6, 6.07) is 2.02. The van der Waals surface area contributed by atoms with Gasteiger partial charge in [0.2, 0.25) is 6.41 Å². The van der Waals surface area contributed by atoms with E-state index in [9.17, 15) is 4.79 Å². The normalized spacial score (nSPS) is 9.62. The Morgan fingerprint density at radius 3 is 3.15 bits per heavy atom. The molecule has 0 spiro atoms. The van der Waals surface area contributed by atoms with Crippen molar-refractivity contribution in [2.45, 2.75) is 19.8 Å². The molecule has 0 aliphatic carbocycles. The molecular weight excluding hydrogens is 164 g/mol. The molecule has 1 aromatic rings. The van der Waals surface area contributed by atoms with Crippen molar-refractivity contribution in [3.63, 3.8) is 0 Å². The van der Waals surface area contributed by atoms with E-state index in [1.807, 2.05) is 12.3 Å². The van der Waals surface area contributed by atoms with Crippen molar-refractivity contribution in [3.8, 4) is 0 Å². The molecule has 0 saturated heterocycles. The number of carbonyl (C=O) groups is 1. The highest BCUT2D eigenvalue weighted by atomic mass is 16.1. The first-order valence-corrected chi connectivity index (χ1v) is 4.41. The van der Waals surface area contributed by atoms with E-state index in [4.69, 9.17) is 0 Å². The molecular formula is C10H14N2O. The largest absolute Gasteiger partial charge is 0.359 e. The Morgan fingerprint density at radius 1 is 1.62 bits per heavy atom. The van der Waals surface area contributed by atoms with E-state index < -0.39 is 0 Å². The van der Waals surface area contributed by atoms with Crippen LogP contribution in [0.1, 0.15) is 17.5 Å². The van der Waals surface area contributed by atoms with Crippen molar-refractivity contribution in [1.82, 2.24) is 10.3 Å². The van der Waals surface area contributed by atoms with Gasteiger partial charge in [-0.3, -0.25) is 9.78 Å². The van der Waals surface area contributed by atoms with Gasteiger partial charge in [0.1, 0.15) is 0 Å². The zero-order valence-corrected chi connectivity index (χ0v) is 7.79. The molecule has 0 aliphatic rings. The molecule has 0 fully saturated rings. The van der Waals surface area contributed by atoms with Crippen LogP contribution in [0.5, 0.6) is 0 Å². The zero-order chi connectivity index (χ0) is 9.52. The van der Waals surface area contributed by atoms with Gasteiger partial charge in [-0.1, -0.05) is 0 Å². The molecule has 0 bridgehead atoms. The van der Waals surface area contributed by atoms with E-state index in [2.05, 4.69) is 17.2 Å². The van der Waals surface area contributed by atoms with Gasteiger partial charge in [-0.25, -0.2) is 0 Å². The molecule has 1 N–H and O–H groups in total. The minimum atomic E-state index is 0.736. The second-order valence-electron chi connectivity index (χ2n) is 2.98. The van der Waals surface area contributed by atoms with Crippen LogP contribution in [0.15, 0.2) is 18.5 Å². The van der Waals surface area contributed by atoms with E-state index in [0.717, 1.165) is 25.8 Å². The number of rotatable bonds is 5. The summed E-state index contributed by atoms with van der Waals surface area (Å²) in [6.45, 7) is 2.79. The van der Waals surface area contributed by atoms with Crippen LogP contribution in [0, 0.1) is 6.92 Å². The lowest BCUT2D eigenvalue weighted by atomic mass is 10.1. The van der Waals surface area contributed by atoms with Crippen LogP contribution in [0.4, 0.5) is 0 Å². The Labute approximate surface area is 78.2 Å². The third kappa shape index (κ3) is 3.23. The average Bonchev–Trinajstić information content (AvgIpc) is 2.15. The fourth-order valence-electron chi connectivity index (χ4n) is 1.22. The van der Waals surface area contributed by atoms with E-state index in [0.29, 0.717) is 0 Å². The summed E-state index contributed by atoms with van der Waals surface area (Å²) < 4.78 is 0. The molecule has 3 nitrogen and oxygen atoms in total. The maximum atomic E-state index is 9.96. The van der Waals surface area contributed by atoms with Crippen molar-refractivity contribution < 1.29 is 4.79 Å². The molecule has 0 radical (unpaired) electrons. The molecule has 0 aromatic carbocycles. The molecule has 3 heteroatoms. The lowest BCUT2D eigenvalue weighted by molar-refractivity contribution is -0.109. The molecule has 0 saturated carbocycles. The molecule has 13 heavy (non-hydrogen) atoms. The maximum absolute atomic E-state index is 9.96. The lowest BCUT2D eigenvalue weighted by Gasteiger charge is -2.03. The smallest absolute Gasteiger partial charge is 0.207 e. The predicted molar refractivity (Wildman–Crippen MR) is 51.4 cm³/mol. The van der Waals surface area contributed by atoms with Crippen LogP contribution in [-0.2, 0) is 11.2 Å². The molecule has 0 unspecified atom stereocenters. The number of aromatic nitrogens is 1. The minimum absolute atomic E-state index is 0.736. The molecule has 1 amide bonds. The number of nitrogens with zero attached hydrogens (tertiary/aromatic N) is 1. The number of pyridine rings is 1. The Morgan fingerprint density at radius 2 is 2.46 bits per heavy atom. The first-order valence-electron chi connectivity index (χ1n) is 4.41. The summed E-state index contributed by atoms with van der Waals surface area (Å²) in [7, 11) is 0. The van der Waals surface area contributed by atoms with E-state index in [-0.39, 0.29) is 0 Å². The Balaban J connectivity index is 2.36. The van der Waals surface area contributed by atoms with E-state index in [1.54, 1.807) is 6.20 Å². The summed E-state index contributed by atoms with van der Waals surface area (Å²) >= 11 is 0. The molecule has 1 heterocycles. The van der Waals surface area contributed by atoms with Gasteiger partial charge in [-0.05, 0) is 37.0 Å². The quantitative estimate of drug-likeness (QED) is 0.541. The second kappa shape index (κ2) is 5.30. The van der Waals surface area contributed by atoms with Crippen molar-refractivity contribution in [3.05, 3.63) is 29.6 Å². The predicted octanol–water partition coefficient (Wildman–Crippen LogP) is 1.07. The molecule has 1 aromatic heterocycles. The van der Waals surface area contributed by atoms with Crippen molar-refractivity contribution in [1.29, 1.82) is 0 Å². The fraction of sp³-hybridized carbons (Fsp3) is 0.400. The monoisotopic (exact) mass is 178 g/mol. The van der Waals surface area contributed by atoms with Crippen LogP contribution in [0.2, 0.25) is 0 Å². The molecule has 0 aliphatic heterocycles. The summed E-state index contributed by atoms with van der Waals surface area (Å²) in [4.78, 5) is 14.0. The summed E-state index contributed by atoms with van der Waals surface area (Å²) in [5.74, 6) is 0. The standard InChI is InChI=1S/C10H14N2O/c1-9-7-11-6-4-10(9)3-2-5-12-8-13/h4,6-8H,2-3,5H2,1H3,(H,12,13). The summed E-state index contributed by atoms with van der Waals surface area (Å²) in [5, 5.41) is 2.64. The van der Waals surface area contributed by atoms with Gasteiger partial charge in [0.15, 0.2) is 0 Å². The first-order chi connectivity index (χ1) is 6.34. The van der Waals surface area contributed by atoms with E-state index in [1.165, 1.54) is 11.1 Å². The van der Waals surface area contributed by atoms with Crippen LogP contribution in [0.25, 0.3) is 0 Å². The van der Waals surface area contributed by atoms with Gasteiger partial charge in [0.05, 0.1) is 0 Å². The van der Waals surface area contributed by atoms with Crippen LogP contribution >= 0.6 is 0 Å². The Hall–Kier alpha value is -1.38. The van der Waals surface area contributed by atoms with Crippen LogP contribution in [0.3, 0.4) is 0 Å². The second-order valence-corrected chi connectivity index (χ2v) is 2.98. The maximum Gasteiger partial charge on any atom is 0.207 e. The van der Waals surface area contributed by atoms with Crippen molar-refractivity contribution in [2.24, 2.45) is 0 Å². The number of hydrogen-bond donors (Lipinski definition) is 1. The highest BCUT2D eigenvalue weighted by Gasteiger charge is 1.96. The van der Waals surface area contributed by atoms with Gasteiger partial charge in [0, 0.05) is 18.9 Å². The van der Waals surface area contributed by atoms with Gasteiger partial charge in [0.25, 0.3) is 0 Å². The highest BCUT2D eigenvalue weighted by Crippen LogP contribution is 2.06. The summed E-state index contributed by atoms with van der Waals surface area (Å²) in [5.41, 5.74) is 2.52. The van der Waals surface area contributed by atoms with Crippen LogP contribution < -0.4 is 5.32 Å². The van der Waals surface area contributed by atoms with Gasteiger partial charge < -0.3 is 5.32 Å². The Kier molecular flexibility index (Phi) is 3.96. The first kappa shape index (κ1) is 9.71. The van der Waals surface area contributed by atoms with E-state index >= 15 is 0 Å². The highest BCUT2D eigenvalue weighted by molar-refractivity contribution is 5.45. The minimum Gasteiger partial charge on any atom is -0.359 e. The molecule has 0 atom stereocenters. The number of amides is 1. The summed E-state index contributed by atoms with van der Waals surface area (Å²) in [6.07, 6.45) is 6.37. The number of carbonyl (C=O) groups excluding carboxylic acids is 1. The van der Waals surface area contributed by atoms with Crippen molar-refractivity contribution in [2.75, 3.05) is 6.54 Å². The third-order valence-electron chi connectivity index (χ3n) is 1.99. The SMILES string of the molecule is Cc1cnccc1CCCNC=O. The number of nitrogens with one attached hydrogen (secondary N) is 1. The number of hydrogen-bond acceptors (Lipinski definition) is 2. The Bertz CT molecular complexity index is 273. The molecule has 1 rings (SSSR count). The topological polar surface area (TPSA) is 42.0 Å².